The number of alkyl halides is 6. The highest BCUT2D eigenvalue weighted by atomic mass is 32.2. The van der Waals surface area contributed by atoms with Crippen LogP contribution in [0.15, 0.2) is 47.5 Å². The van der Waals surface area contributed by atoms with Gasteiger partial charge in [0.1, 0.15) is 0 Å². The van der Waals surface area contributed by atoms with Gasteiger partial charge >= 0.3 is 12.4 Å². The first-order valence-electron chi connectivity index (χ1n) is 9.85. The van der Waals surface area contributed by atoms with E-state index in [4.69, 9.17) is 0 Å². The average Bonchev–Trinajstić information content (AvgIpc) is 2.70. The number of benzene rings is 1. The smallest absolute Gasteiger partial charge is 0.422 e. The number of sulfone groups is 1. The molecule has 1 aromatic heterocycles. The molecule has 1 heterocycles. The third kappa shape index (κ3) is 6.46. The zero-order valence-corrected chi connectivity index (χ0v) is 17.8. The molecule has 0 aliphatic heterocycles. The minimum absolute atomic E-state index is 0.0748. The molecule has 0 N–H and O–H groups in total. The van der Waals surface area contributed by atoms with Crippen LogP contribution in [0.1, 0.15) is 41.6 Å². The van der Waals surface area contributed by atoms with Crippen molar-refractivity contribution in [2.75, 3.05) is 6.61 Å². The number of ketones is 1. The molecule has 0 radical (unpaired) electrons. The summed E-state index contributed by atoms with van der Waals surface area (Å²) in [5, 5.41) is -0.812. The molecule has 0 spiro atoms. The van der Waals surface area contributed by atoms with Crippen LogP contribution in [0, 0.1) is 5.92 Å². The largest absolute Gasteiger partial charge is 0.468 e. The topological polar surface area (TPSA) is 73.3 Å². The lowest BCUT2D eigenvalue weighted by atomic mass is 9.81. The Hall–Kier alpha value is -2.63. The predicted molar refractivity (Wildman–Crippen MR) is 104 cm³/mol. The molecule has 0 bridgehead atoms. The molecule has 0 unspecified atom stereocenters. The van der Waals surface area contributed by atoms with Crippen LogP contribution in [0.3, 0.4) is 0 Å². The molecule has 1 aliphatic rings. The summed E-state index contributed by atoms with van der Waals surface area (Å²) in [6.07, 6.45) is -7.14. The van der Waals surface area contributed by atoms with Gasteiger partial charge in [-0.3, -0.25) is 4.79 Å². The molecule has 1 saturated carbocycles. The Balaban J connectivity index is 1.50. The van der Waals surface area contributed by atoms with E-state index in [1.807, 2.05) is 0 Å². The second-order valence-electron chi connectivity index (χ2n) is 7.78. The Bertz CT molecular complexity index is 1090. The van der Waals surface area contributed by atoms with Crippen LogP contribution < -0.4 is 4.74 Å². The number of pyridine rings is 1. The maximum Gasteiger partial charge on any atom is 0.422 e. The predicted octanol–water partition coefficient (Wildman–Crippen LogP) is 5.26. The van der Waals surface area contributed by atoms with Crippen LogP contribution >= 0.6 is 0 Å². The van der Waals surface area contributed by atoms with E-state index in [1.165, 1.54) is 6.07 Å². The number of aromatic nitrogens is 1. The van der Waals surface area contributed by atoms with Gasteiger partial charge in [0.15, 0.2) is 22.2 Å². The number of hydrogen-bond donors (Lipinski definition) is 0. The maximum atomic E-state index is 12.9. The van der Waals surface area contributed by atoms with Crippen molar-refractivity contribution < 1.29 is 44.3 Å². The van der Waals surface area contributed by atoms with Crippen LogP contribution in [0.5, 0.6) is 5.88 Å². The van der Waals surface area contributed by atoms with Gasteiger partial charge in [-0.1, -0.05) is 6.07 Å². The summed E-state index contributed by atoms with van der Waals surface area (Å²) in [5.74, 6) is -0.665. The summed E-state index contributed by atoms with van der Waals surface area (Å²) in [6.45, 7) is -1.50. The summed E-state index contributed by atoms with van der Waals surface area (Å²) in [6, 6.07) is 6.07. The lowest BCUT2D eigenvalue weighted by Crippen LogP contribution is -2.36. The first-order chi connectivity index (χ1) is 15.3. The van der Waals surface area contributed by atoms with Crippen LogP contribution in [0.25, 0.3) is 0 Å². The number of nitrogens with zero attached hydrogens (tertiary/aromatic N) is 1. The van der Waals surface area contributed by atoms with Crippen LogP contribution in [-0.4, -0.2) is 37.2 Å². The number of ether oxygens (including phenoxy) is 1. The fourth-order valence-electron chi connectivity index (χ4n) is 3.47. The van der Waals surface area contributed by atoms with E-state index in [0.717, 1.165) is 30.5 Å². The summed E-state index contributed by atoms with van der Waals surface area (Å²) in [5.41, 5.74) is -0.852. The van der Waals surface area contributed by atoms with Gasteiger partial charge in [0, 0.05) is 24.2 Å². The maximum absolute atomic E-state index is 12.9. The number of Topliss-reactive ketones (excluding diaryl/α,β-unsaturated/α-hetero) is 1. The first-order valence-corrected chi connectivity index (χ1v) is 11.4. The molecular formula is C21H19F6NO4S. The minimum Gasteiger partial charge on any atom is -0.468 e. The minimum atomic E-state index is -4.65. The fourth-order valence-corrected chi connectivity index (χ4v) is 5.47. The highest BCUT2D eigenvalue weighted by Gasteiger charge is 2.40. The first kappa shape index (κ1) is 25.0. The normalized spacial score (nSPS) is 19.1. The van der Waals surface area contributed by atoms with E-state index in [2.05, 4.69) is 9.72 Å². The Morgan fingerprint density at radius 2 is 1.76 bits per heavy atom. The van der Waals surface area contributed by atoms with Crippen molar-refractivity contribution in [1.82, 2.24) is 4.98 Å². The molecule has 0 amide bonds. The number of carbonyl (C=O) groups excluding carboxylic acids is 1. The molecule has 3 rings (SSSR count). The summed E-state index contributed by atoms with van der Waals surface area (Å²) in [4.78, 5) is 15.5. The van der Waals surface area contributed by atoms with E-state index < -0.39 is 39.6 Å². The Kier molecular flexibility index (Phi) is 7.06. The third-order valence-corrected chi connectivity index (χ3v) is 7.52. The highest BCUT2D eigenvalue weighted by molar-refractivity contribution is 7.92. The second kappa shape index (κ2) is 9.32. The van der Waals surface area contributed by atoms with Crippen molar-refractivity contribution in [3.8, 4) is 5.88 Å². The lowest BCUT2D eigenvalue weighted by molar-refractivity contribution is -0.154. The summed E-state index contributed by atoms with van der Waals surface area (Å²) in [7, 11) is -3.92. The van der Waals surface area contributed by atoms with Gasteiger partial charge in [-0.25, -0.2) is 13.4 Å². The van der Waals surface area contributed by atoms with Gasteiger partial charge in [0.2, 0.25) is 5.88 Å². The van der Waals surface area contributed by atoms with Crippen molar-refractivity contribution >= 4 is 15.6 Å². The van der Waals surface area contributed by atoms with Gasteiger partial charge < -0.3 is 4.74 Å². The molecule has 1 aliphatic carbocycles. The molecular weight excluding hydrogens is 476 g/mol. The van der Waals surface area contributed by atoms with Crippen molar-refractivity contribution in [2.45, 2.75) is 48.2 Å². The van der Waals surface area contributed by atoms with Gasteiger partial charge in [0.05, 0.1) is 15.7 Å². The monoisotopic (exact) mass is 495 g/mol. The molecule has 5 nitrogen and oxygen atoms in total. The lowest BCUT2D eigenvalue weighted by Gasteiger charge is -2.34. The Morgan fingerprint density at radius 1 is 1.06 bits per heavy atom. The molecule has 1 aromatic carbocycles. The Morgan fingerprint density at radius 3 is 2.33 bits per heavy atom. The number of halogens is 6. The Labute approximate surface area is 185 Å². The molecule has 12 heteroatoms. The van der Waals surface area contributed by atoms with E-state index in [9.17, 15) is 39.6 Å². The molecule has 1 fully saturated rings. The molecule has 2 aromatic rings. The van der Waals surface area contributed by atoms with E-state index in [1.54, 1.807) is 0 Å². The van der Waals surface area contributed by atoms with Crippen molar-refractivity contribution in [3.63, 3.8) is 0 Å². The molecule has 0 saturated heterocycles. The number of rotatable bonds is 8. The summed E-state index contributed by atoms with van der Waals surface area (Å²) < 4.78 is 105. The fraction of sp³-hybridized carbons (Fsp3) is 0.429. The van der Waals surface area contributed by atoms with Crippen molar-refractivity contribution in [1.29, 1.82) is 0 Å². The van der Waals surface area contributed by atoms with Gasteiger partial charge in [-0.2, -0.15) is 26.3 Å². The van der Waals surface area contributed by atoms with Crippen LogP contribution in [0.2, 0.25) is 0 Å². The van der Waals surface area contributed by atoms with Crippen molar-refractivity contribution in [2.24, 2.45) is 5.92 Å². The zero-order valence-electron chi connectivity index (χ0n) is 17.0. The standard InChI is InChI=1S/C21H19F6NO4S/c22-20(23,24)12-32-19-7-5-14(11-28-19)18(29)6-4-13-8-17(9-13)33(30,31)16-3-1-2-15(10-16)21(25,26)27/h1-3,5,7,10-11,13,17H,4,6,8-9,12H2. The van der Waals surface area contributed by atoms with E-state index in [-0.39, 0.29) is 47.3 Å². The van der Waals surface area contributed by atoms with Crippen molar-refractivity contribution in [3.05, 3.63) is 53.7 Å². The molecule has 0 atom stereocenters. The SMILES string of the molecule is O=C(CCC1CC(S(=O)(=O)c2cccc(C(F)(F)F)c2)C1)c1ccc(OCC(F)(F)F)nc1. The van der Waals surface area contributed by atoms with Gasteiger partial charge in [0.25, 0.3) is 0 Å². The molecule has 33 heavy (non-hydrogen) atoms. The van der Waals surface area contributed by atoms with E-state index in [0.29, 0.717) is 12.5 Å². The number of carbonyl (C=O) groups is 1. The van der Waals surface area contributed by atoms with Gasteiger partial charge in [-0.15, -0.1) is 0 Å². The second-order valence-corrected chi connectivity index (χ2v) is 10.0. The third-order valence-electron chi connectivity index (χ3n) is 5.34. The number of hydrogen-bond acceptors (Lipinski definition) is 5. The quantitative estimate of drug-likeness (QED) is 0.369. The van der Waals surface area contributed by atoms with E-state index >= 15 is 0 Å². The average molecular weight is 495 g/mol. The highest BCUT2D eigenvalue weighted by Crippen LogP contribution is 2.40. The summed E-state index contributed by atoms with van der Waals surface area (Å²) >= 11 is 0. The van der Waals surface area contributed by atoms with Crippen LogP contribution in [0.4, 0.5) is 26.3 Å². The van der Waals surface area contributed by atoms with Gasteiger partial charge in [-0.05, 0) is 49.4 Å². The van der Waals surface area contributed by atoms with Crippen LogP contribution in [-0.2, 0) is 16.0 Å². The zero-order chi connectivity index (χ0) is 24.4. The molecule has 180 valence electrons.